The summed E-state index contributed by atoms with van der Waals surface area (Å²) >= 11 is 0. The first kappa shape index (κ1) is 14.8. The largest absolute Gasteiger partial charge is 0.379 e. The van der Waals surface area contributed by atoms with Crippen LogP contribution in [0.2, 0.25) is 0 Å². The van der Waals surface area contributed by atoms with Gasteiger partial charge < -0.3 is 10.5 Å². The molecule has 7 heteroatoms. The van der Waals surface area contributed by atoms with Gasteiger partial charge in [-0.3, -0.25) is 4.90 Å². The Morgan fingerprint density at radius 3 is 2.65 bits per heavy atom. The lowest BCUT2D eigenvalue weighted by molar-refractivity contribution is 0.0354. The van der Waals surface area contributed by atoms with Crippen LogP contribution in [0, 0.1) is 0 Å². The Hall–Kier alpha value is -0.210. The number of morpholine rings is 1. The highest BCUT2D eigenvalue weighted by molar-refractivity contribution is 7.89. The van der Waals surface area contributed by atoms with Crippen molar-refractivity contribution in [2.45, 2.75) is 19.4 Å². The first-order chi connectivity index (χ1) is 8.03. The first-order valence-corrected chi connectivity index (χ1v) is 7.69. The molecule has 6 nitrogen and oxygen atoms in total. The Bertz CT molecular complexity index is 302. The van der Waals surface area contributed by atoms with Gasteiger partial charge in [0.1, 0.15) is 0 Å². The SMILES string of the molecule is CC(CN1CCOCC1)NS(=O)(=O)CCCN. The molecule has 0 radical (unpaired) electrons. The van der Waals surface area contributed by atoms with Gasteiger partial charge in [0.15, 0.2) is 0 Å². The Labute approximate surface area is 104 Å². The van der Waals surface area contributed by atoms with Crippen molar-refractivity contribution in [1.29, 1.82) is 0 Å². The summed E-state index contributed by atoms with van der Waals surface area (Å²) in [7, 11) is -3.18. The average molecular weight is 265 g/mol. The first-order valence-electron chi connectivity index (χ1n) is 6.03. The Morgan fingerprint density at radius 2 is 2.06 bits per heavy atom. The standard InChI is InChI=1S/C10H23N3O3S/c1-10(9-13-4-6-16-7-5-13)12-17(14,15)8-2-3-11/h10,12H,2-9,11H2,1H3. The summed E-state index contributed by atoms with van der Waals surface area (Å²) in [5.74, 6) is 0.108. The zero-order chi connectivity index (χ0) is 12.7. The van der Waals surface area contributed by atoms with E-state index in [4.69, 9.17) is 10.5 Å². The van der Waals surface area contributed by atoms with Gasteiger partial charge in [0.2, 0.25) is 10.0 Å². The van der Waals surface area contributed by atoms with Crippen LogP contribution >= 0.6 is 0 Å². The minimum absolute atomic E-state index is 0.0733. The van der Waals surface area contributed by atoms with Crippen molar-refractivity contribution in [2.75, 3.05) is 45.1 Å². The van der Waals surface area contributed by atoms with Crippen LogP contribution in [0.3, 0.4) is 0 Å². The van der Waals surface area contributed by atoms with E-state index in [9.17, 15) is 8.42 Å². The van der Waals surface area contributed by atoms with E-state index in [1.165, 1.54) is 0 Å². The minimum Gasteiger partial charge on any atom is -0.379 e. The molecule has 1 unspecified atom stereocenters. The van der Waals surface area contributed by atoms with Gasteiger partial charge in [0, 0.05) is 25.7 Å². The molecule has 0 aromatic carbocycles. The Kier molecular flexibility index (Phi) is 6.35. The molecule has 1 aliphatic heterocycles. The van der Waals surface area contributed by atoms with Gasteiger partial charge in [-0.25, -0.2) is 13.1 Å². The molecule has 102 valence electrons. The summed E-state index contributed by atoms with van der Waals surface area (Å²) in [4.78, 5) is 2.21. The summed E-state index contributed by atoms with van der Waals surface area (Å²) in [6.45, 7) is 6.21. The molecular formula is C10H23N3O3S. The number of hydrogen-bond acceptors (Lipinski definition) is 5. The third-order valence-electron chi connectivity index (χ3n) is 2.63. The van der Waals surface area contributed by atoms with E-state index in [0.29, 0.717) is 13.0 Å². The van der Waals surface area contributed by atoms with Gasteiger partial charge in [-0.1, -0.05) is 0 Å². The fourth-order valence-corrected chi connectivity index (χ4v) is 3.20. The highest BCUT2D eigenvalue weighted by Gasteiger charge is 2.18. The normalized spacial score (nSPS) is 20.4. The quantitative estimate of drug-likeness (QED) is 0.615. The van der Waals surface area contributed by atoms with Crippen molar-refractivity contribution in [3.05, 3.63) is 0 Å². The van der Waals surface area contributed by atoms with Gasteiger partial charge in [-0.05, 0) is 19.9 Å². The molecule has 0 aromatic rings. The lowest BCUT2D eigenvalue weighted by atomic mass is 10.3. The maximum Gasteiger partial charge on any atom is 0.211 e. The number of nitrogens with zero attached hydrogens (tertiary/aromatic N) is 1. The molecule has 0 amide bonds. The molecule has 0 bridgehead atoms. The van der Waals surface area contributed by atoms with E-state index < -0.39 is 10.0 Å². The molecule has 1 atom stereocenters. The maximum absolute atomic E-state index is 11.6. The van der Waals surface area contributed by atoms with Gasteiger partial charge in [-0.2, -0.15) is 0 Å². The molecule has 0 spiro atoms. The van der Waals surface area contributed by atoms with E-state index in [0.717, 1.165) is 32.8 Å². The van der Waals surface area contributed by atoms with Gasteiger partial charge in [-0.15, -0.1) is 0 Å². The molecule has 0 aromatic heterocycles. The highest BCUT2D eigenvalue weighted by atomic mass is 32.2. The van der Waals surface area contributed by atoms with Crippen LogP contribution in [-0.2, 0) is 14.8 Å². The summed E-state index contributed by atoms with van der Waals surface area (Å²) < 4.78 is 31.2. The van der Waals surface area contributed by atoms with E-state index in [1.807, 2.05) is 6.92 Å². The summed E-state index contributed by atoms with van der Waals surface area (Å²) in [6.07, 6.45) is 0.500. The van der Waals surface area contributed by atoms with Crippen LogP contribution in [-0.4, -0.2) is 64.5 Å². The average Bonchev–Trinajstić information content (AvgIpc) is 2.27. The molecule has 17 heavy (non-hydrogen) atoms. The van der Waals surface area contributed by atoms with Crippen LogP contribution in [0.4, 0.5) is 0 Å². The lowest BCUT2D eigenvalue weighted by Crippen LogP contribution is -2.46. The zero-order valence-corrected chi connectivity index (χ0v) is 11.2. The van der Waals surface area contributed by atoms with E-state index in [1.54, 1.807) is 0 Å². The third-order valence-corrected chi connectivity index (χ3v) is 4.22. The number of hydrogen-bond donors (Lipinski definition) is 2. The van der Waals surface area contributed by atoms with Crippen LogP contribution in [0.5, 0.6) is 0 Å². The molecule has 1 fully saturated rings. The van der Waals surface area contributed by atoms with Crippen LogP contribution in [0.1, 0.15) is 13.3 Å². The summed E-state index contributed by atoms with van der Waals surface area (Å²) in [6, 6.07) is -0.0733. The number of ether oxygens (including phenoxy) is 1. The summed E-state index contributed by atoms with van der Waals surface area (Å²) in [5.41, 5.74) is 5.30. The smallest absolute Gasteiger partial charge is 0.211 e. The second-order valence-electron chi connectivity index (χ2n) is 4.39. The number of rotatable bonds is 7. The fourth-order valence-electron chi connectivity index (χ4n) is 1.85. The lowest BCUT2D eigenvalue weighted by Gasteiger charge is -2.29. The van der Waals surface area contributed by atoms with Crippen LogP contribution in [0.15, 0.2) is 0 Å². The zero-order valence-electron chi connectivity index (χ0n) is 10.4. The van der Waals surface area contributed by atoms with Gasteiger partial charge in [0.25, 0.3) is 0 Å². The van der Waals surface area contributed by atoms with Gasteiger partial charge in [0.05, 0.1) is 19.0 Å². The van der Waals surface area contributed by atoms with Crippen molar-refractivity contribution >= 4 is 10.0 Å². The van der Waals surface area contributed by atoms with E-state index in [2.05, 4.69) is 9.62 Å². The minimum atomic E-state index is -3.18. The van der Waals surface area contributed by atoms with Crippen molar-refractivity contribution in [3.8, 4) is 0 Å². The number of sulfonamides is 1. The van der Waals surface area contributed by atoms with E-state index in [-0.39, 0.29) is 11.8 Å². The number of nitrogens with one attached hydrogen (secondary N) is 1. The predicted molar refractivity (Wildman–Crippen MR) is 67.3 cm³/mol. The molecule has 0 aliphatic carbocycles. The Morgan fingerprint density at radius 1 is 1.41 bits per heavy atom. The Balaban J connectivity index is 2.29. The van der Waals surface area contributed by atoms with Crippen molar-refractivity contribution in [2.24, 2.45) is 5.73 Å². The van der Waals surface area contributed by atoms with Crippen molar-refractivity contribution in [3.63, 3.8) is 0 Å². The second kappa shape index (κ2) is 7.27. The maximum atomic E-state index is 11.6. The highest BCUT2D eigenvalue weighted by Crippen LogP contribution is 2.00. The fraction of sp³-hybridized carbons (Fsp3) is 1.00. The van der Waals surface area contributed by atoms with Crippen LogP contribution < -0.4 is 10.5 Å². The molecular weight excluding hydrogens is 242 g/mol. The predicted octanol–water partition coefficient (Wildman–Crippen LogP) is -1.02. The monoisotopic (exact) mass is 265 g/mol. The molecule has 3 N–H and O–H groups in total. The van der Waals surface area contributed by atoms with E-state index >= 15 is 0 Å². The molecule has 1 rings (SSSR count). The molecule has 0 saturated carbocycles. The summed E-state index contributed by atoms with van der Waals surface area (Å²) in [5, 5.41) is 0. The second-order valence-corrected chi connectivity index (χ2v) is 6.27. The van der Waals surface area contributed by atoms with Crippen molar-refractivity contribution in [1.82, 2.24) is 9.62 Å². The molecule has 1 saturated heterocycles. The third kappa shape index (κ3) is 6.32. The number of nitrogens with two attached hydrogens (primary N) is 1. The van der Waals surface area contributed by atoms with Crippen LogP contribution in [0.25, 0.3) is 0 Å². The molecule has 1 aliphatic rings. The van der Waals surface area contributed by atoms with Gasteiger partial charge >= 0.3 is 0 Å². The topological polar surface area (TPSA) is 84.7 Å². The molecule has 1 heterocycles. The van der Waals surface area contributed by atoms with Crippen molar-refractivity contribution < 1.29 is 13.2 Å².